The van der Waals surface area contributed by atoms with Crippen LogP contribution in [-0.2, 0) is 4.79 Å². The van der Waals surface area contributed by atoms with Crippen LogP contribution in [-0.4, -0.2) is 13.5 Å². The molecule has 0 aliphatic carbocycles. The number of hydrogen-bond acceptors (Lipinski definition) is 2. The van der Waals surface area contributed by atoms with Crippen molar-refractivity contribution < 1.29 is 9.53 Å². The summed E-state index contributed by atoms with van der Waals surface area (Å²) in [5, 5.41) is 2.61. The number of ether oxygens (including phenoxy) is 1. The number of methoxy groups -OCH3 is 1. The van der Waals surface area contributed by atoms with Crippen molar-refractivity contribution in [1.29, 1.82) is 0 Å². The molecule has 1 atom stereocenters. The summed E-state index contributed by atoms with van der Waals surface area (Å²) in [6, 6.07) is 9.68. The van der Waals surface area contributed by atoms with E-state index in [2.05, 4.69) is 32.2 Å². The first kappa shape index (κ1) is 20.0. The van der Waals surface area contributed by atoms with Gasteiger partial charge in [-0.25, -0.2) is 0 Å². The number of rotatable bonds is 7. The van der Waals surface area contributed by atoms with Gasteiger partial charge in [0.25, 0.3) is 0 Å². The van der Waals surface area contributed by atoms with Crippen molar-refractivity contribution in [3.63, 3.8) is 0 Å². The molecule has 0 heterocycles. The predicted molar refractivity (Wildman–Crippen MR) is 93.8 cm³/mol. The van der Waals surface area contributed by atoms with E-state index in [1.807, 2.05) is 43.3 Å². The fraction of sp³-hybridized carbons (Fsp3) is 0.421. The van der Waals surface area contributed by atoms with E-state index >= 15 is 0 Å². The second-order valence-electron chi connectivity index (χ2n) is 5.23. The molecule has 1 rings (SSSR count). The van der Waals surface area contributed by atoms with Gasteiger partial charge in [-0.2, -0.15) is 0 Å². The molecule has 1 unspecified atom stereocenters. The number of benzene rings is 1. The van der Waals surface area contributed by atoms with Gasteiger partial charge in [-0.15, -0.1) is 0 Å². The average molecular weight is 303 g/mol. The van der Waals surface area contributed by atoms with Crippen LogP contribution < -0.4 is 10.1 Å². The molecular formula is C19H29NO2. The van der Waals surface area contributed by atoms with Gasteiger partial charge in [0, 0.05) is 5.70 Å². The first-order chi connectivity index (χ1) is 10.5. The summed E-state index contributed by atoms with van der Waals surface area (Å²) < 4.78 is 4.91. The highest BCUT2D eigenvalue weighted by molar-refractivity contribution is 5.49. The van der Waals surface area contributed by atoms with Crippen molar-refractivity contribution >= 4 is 6.41 Å². The minimum atomic E-state index is 0.625. The van der Waals surface area contributed by atoms with Crippen LogP contribution in [0.3, 0.4) is 0 Å². The van der Waals surface area contributed by atoms with E-state index in [1.165, 1.54) is 18.4 Å². The quantitative estimate of drug-likeness (QED) is 0.585. The van der Waals surface area contributed by atoms with Crippen molar-refractivity contribution in [3.8, 4) is 5.75 Å². The molecular weight excluding hydrogens is 274 g/mol. The van der Waals surface area contributed by atoms with Crippen LogP contribution in [0.25, 0.3) is 0 Å². The Hall–Kier alpha value is -2.03. The molecule has 0 aliphatic rings. The fourth-order valence-corrected chi connectivity index (χ4v) is 1.78. The fourth-order valence-electron chi connectivity index (χ4n) is 1.78. The zero-order valence-electron chi connectivity index (χ0n) is 14.4. The van der Waals surface area contributed by atoms with E-state index in [0.717, 1.165) is 11.4 Å². The number of nitrogens with one attached hydrogen (secondary N) is 1. The average Bonchev–Trinajstić information content (AvgIpc) is 2.54. The molecule has 0 aromatic heterocycles. The molecule has 1 aromatic rings. The molecule has 0 fully saturated rings. The van der Waals surface area contributed by atoms with Crippen molar-refractivity contribution in [1.82, 2.24) is 5.32 Å². The molecule has 0 spiro atoms. The summed E-state index contributed by atoms with van der Waals surface area (Å²) in [5.74, 6) is 1.53. The normalized spacial score (nSPS) is 12.8. The molecule has 1 N–H and O–H groups in total. The minimum Gasteiger partial charge on any atom is -0.497 e. The number of allylic oxidation sites excluding steroid dienone is 4. The van der Waals surface area contributed by atoms with Crippen LogP contribution in [0.2, 0.25) is 0 Å². The van der Waals surface area contributed by atoms with Crippen molar-refractivity contribution in [2.45, 2.75) is 40.5 Å². The maximum atomic E-state index is 10.1. The van der Waals surface area contributed by atoms with E-state index in [-0.39, 0.29) is 0 Å². The Labute approximate surface area is 135 Å². The van der Waals surface area contributed by atoms with E-state index in [1.54, 1.807) is 7.11 Å². The van der Waals surface area contributed by atoms with Crippen LogP contribution >= 0.6 is 0 Å². The standard InChI is InChI=1S/C12H21NO.C7H8O/c1-5-6-10(2)11(3)7-8-12(4)13-9-14;1-8-7-5-3-2-4-6-7/h7-10H,5-6H2,1-4H3,(H,13,14);2-6H,1H3/b11-7+,12-8+;. The Morgan fingerprint density at radius 1 is 1.23 bits per heavy atom. The summed E-state index contributed by atoms with van der Waals surface area (Å²) in [6.45, 7) is 8.43. The maximum Gasteiger partial charge on any atom is 0.211 e. The van der Waals surface area contributed by atoms with Gasteiger partial charge < -0.3 is 10.1 Å². The molecule has 0 saturated heterocycles. The molecule has 22 heavy (non-hydrogen) atoms. The zero-order chi connectivity index (χ0) is 16.8. The smallest absolute Gasteiger partial charge is 0.211 e. The van der Waals surface area contributed by atoms with Gasteiger partial charge in [0.2, 0.25) is 6.41 Å². The number of amides is 1. The van der Waals surface area contributed by atoms with Gasteiger partial charge in [-0.05, 0) is 44.4 Å². The lowest BCUT2D eigenvalue weighted by Gasteiger charge is -2.09. The highest BCUT2D eigenvalue weighted by atomic mass is 16.5. The lowest BCUT2D eigenvalue weighted by atomic mass is 9.97. The molecule has 1 amide bonds. The SMILES string of the molecule is CCCC(C)/C(C)=C/C=C(\C)NC=O.COc1ccccc1. The van der Waals surface area contributed by atoms with Crippen LogP contribution in [0, 0.1) is 5.92 Å². The highest BCUT2D eigenvalue weighted by Gasteiger charge is 2.00. The van der Waals surface area contributed by atoms with E-state index < -0.39 is 0 Å². The molecule has 3 heteroatoms. The Balaban J connectivity index is 0.000000461. The Morgan fingerprint density at radius 3 is 2.32 bits per heavy atom. The highest BCUT2D eigenvalue weighted by Crippen LogP contribution is 2.15. The Morgan fingerprint density at radius 2 is 1.86 bits per heavy atom. The number of carbonyl (C=O) groups excluding carboxylic acids is 1. The van der Waals surface area contributed by atoms with Gasteiger partial charge in [0.1, 0.15) is 5.75 Å². The molecule has 3 nitrogen and oxygen atoms in total. The summed E-state index contributed by atoms with van der Waals surface area (Å²) >= 11 is 0. The van der Waals surface area contributed by atoms with Crippen LogP contribution in [0.5, 0.6) is 5.75 Å². The summed E-state index contributed by atoms with van der Waals surface area (Å²) in [4.78, 5) is 10.1. The topological polar surface area (TPSA) is 38.3 Å². The minimum absolute atomic E-state index is 0.625. The molecule has 0 bridgehead atoms. The second kappa shape index (κ2) is 12.7. The Bertz CT molecular complexity index is 464. The van der Waals surface area contributed by atoms with Crippen molar-refractivity contribution in [2.75, 3.05) is 7.11 Å². The monoisotopic (exact) mass is 303 g/mol. The van der Waals surface area contributed by atoms with Gasteiger partial charge in [0.15, 0.2) is 0 Å². The third-order valence-corrected chi connectivity index (χ3v) is 3.36. The second-order valence-corrected chi connectivity index (χ2v) is 5.23. The lowest BCUT2D eigenvalue weighted by Crippen LogP contribution is -2.06. The van der Waals surface area contributed by atoms with Crippen LogP contribution in [0.4, 0.5) is 0 Å². The summed E-state index contributed by atoms with van der Waals surface area (Å²) in [7, 11) is 1.66. The van der Waals surface area contributed by atoms with Crippen molar-refractivity contribution in [3.05, 3.63) is 53.8 Å². The van der Waals surface area contributed by atoms with E-state index in [9.17, 15) is 4.79 Å². The third-order valence-electron chi connectivity index (χ3n) is 3.36. The number of para-hydroxylation sites is 1. The van der Waals surface area contributed by atoms with Crippen LogP contribution in [0.1, 0.15) is 40.5 Å². The third kappa shape index (κ3) is 9.81. The van der Waals surface area contributed by atoms with Gasteiger partial charge in [0.05, 0.1) is 7.11 Å². The van der Waals surface area contributed by atoms with Gasteiger partial charge in [-0.3, -0.25) is 4.79 Å². The van der Waals surface area contributed by atoms with Crippen molar-refractivity contribution in [2.24, 2.45) is 5.92 Å². The molecule has 0 radical (unpaired) electrons. The van der Waals surface area contributed by atoms with E-state index in [0.29, 0.717) is 12.3 Å². The molecule has 122 valence electrons. The first-order valence-corrected chi connectivity index (χ1v) is 7.69. The Kier molecular flexibility index (Phi) is 11.5. The number of carbonyl (C=O) groups is 1. The van der Waals surface area contributed by atoms with E-state index in [4.69, 9.17) is 4.74 Å². The first-order valence-electron chi connectivity index (χ1n) is 7.69. The summed E-state index contributed by atoms with van der Waals surface area (Å²) in [6.07, 6.45) is 7.14. The predicted octanol–water partition coefficient (Wildman–Crippen LogP) is 4.71. The lowest BCUT2D eigenvalue weighted by molar-refractivity contribution is -0.108. The largest absolute Gasteiger partial charge is 0.497 e. The zero-order valence-corrected chi connectivity index (χ0v) is 14.4. The van der Waals surface area contributed by atoms with Gasteiger partial charge in [-0.1, -0.05) is 50.1 Å². The molecule has 1 aromatic carbocycles. The molecule has 0 aliphatic heterocycles. The van der Waals surface area contributed by atoms with Crippen LogP contribution in [0.15, 0.2) is 53.8 Å². The number of hydrogen-bond donors (Lipinski definition) is 1. The molecule has 0 saturated carbocycles. The maximum absolute atomic E-state index is 10.1. The summed E-state index contributed by atoms with van der Waals surface area (Å²) in [5.41, 5.74) is 2.24. The van der Waals surface area contributed by atoms with Gasteiger partial charge >= 0.3 is 0 Å².